The monoisotopic (exact) mass is 277 g/mol. The minimum Gasteiger partial charge on any atom is -0.483 e. The van der Waals surface area contributed by atoms with Crippen LogP contribution < -0.4 is 10.1 Å². The molecule has 4 heteroatoms. The smallest absolute Gasteiger partial charge is 0.258 e. The molecule has 4 nitrogen and oxygen atoms in total. The summed E-state index contributed by atoms with van der Waals surface area (Å²) in [5.41, 5.74) is 1.48. The van der Waals surface area contributed by atoms with Gasteiger partial charge in [-0.2, -0.15) is 0 Å². The molecule has 1 aliphatic carbocycles. The molecular formula is C16H23NO3. The van der Waals surface area contributed by atoms with Crippen LogP contribution in [0.15, 0.2) is 18.2 Å². The summed E-state index contributed by atoms with van der Waals surface area (Å²) in [5, 5.41) is 12.9. The second kappa shape index (κ2) is 6.27. The number of hydrogen-bond acceptors (Lipinski definition) is 3. The predicted octanol–water partition coefficient (Wildman–Crippen LogP) is 2.10. The molecule has 1 saturated carbocycles. The van der Waals surface area contributed by atoms with Gasteiger partial charge in [-0.25, -0.2) is 0 Å². The first-order chi connectivity index (χ1) is 9.50. The van der Waals surface area contributed by atoms with E-state index >= 15 is 0 Å². The van der Waals surface area contributed by atoms with Crippen LogP contribution in [0.5, 0.6) is 5.75 Å². The summed E-state index contributed by atoms with van der Waals surface area (Å²) < 4.78 is 5.53. The van der Waals surface area contributed by atoms with Crippen LogP contribution in [-0.4, -0.2) is 29.8 Å². The molecule has 1 fully saturated rings. The molecule has 0 unspecified atom stereocenters. The molecule has 0 aliphatic heterocycles. The van der Waals surface area contributed by atoms with Gasteiger partial charge in [0.25, 0.3) is 5.91 Å². The maximum Gasteiger partial charge on any atom is 0.258 e. The maximum absolute atomic E-state index is 11.8. The first kappa shape index (κ1) is 14.9. The molecule has 0 heterocycles. The fourth-order valence-corrected chi connectivity index (χ4v) is 2.55. The standard InChI is InChI=1S/C16H23NO3/c1-12-6-5-7-14(13(12)2)20-10-15(18)17-11-16(19)8-3-4-9-16/h5-7,19H,3-4,8-11H2,1-2H3,(H,17,18). The average Bonchev–Trinajstić information content (AvgIpc) is 2.86. The third-order valence-electron chi connectivity index (χ3n) is 4.06. The van der Waals surface area contributed by atoms with Gasteiger partial charge in [-0.05, 0) is 43.9 Å². The fourth-order valence-electron chi connectivity index (χ4n) is 2.55. The molecule has 0 radical (unpaired) electrons. The molecule has 1 aromatic carbocycles. The highest BCUT2D eigenvalue weighted by Gasteiger charge is 2.31. The third kappa shape index (κ3) is 3.73. The van der Waals surface area contributed by atoms with Crippen LogP contribution in [0, 0.1) is 13.8 Å². The topological polar surface area (TPSA) is 58.6 Å². The Morgan fingerprint density at radius 3 is 2.75 bits per heavy atom. The Hall–Kier alpha value is -1.55. The number of amides is 1. The van der Waals surface area contributed by atoms with E-state index < -0.39 is 5.60 Å². The van der Waals surface area contributed by atoms with Crippen molar-refractivity contribution in [2.45, 2.75) is 45.1 Å². The molecule has 0 spiro atoms. The molecule has 110 valence electrons. The zero-order chi connectivity index (χ0) is 14.6. The molecule has 2 rings (SSSR count). The molecule has 1 aliphatic rings. The Morgan fingerprint density at radius 1 is 1.35 bits per heavy atom. The lowest BCUT2D eigenvalue weighted by atomic mass is 10.0. The minimum atomic E-state index is -0.713. The van der Waals surface area contributed by atoms with E-state index in [0.717, 1.165) is 42.6 Å². The Morgan fingerprint density at radius 2 is 2.05 bits per heavy atom. The maximum atomic E-state index is 11.8. The van der Waals surface area contributed by atoms with E-state index in [-0.39, 0.29) is 12.5 Å². The fraction of sp³-hybridized carbons (Fsp3) is 0.562. The van der Waals surface area contributed by atoms with Gasteiger partial charge in [0, 0.05) is 6.54 Å². The van der Waals surface area contributed by atoms with E-state index in [0.29, 0.717) is 6.54 Å². The molecule has 0 aromatic heterocycles. The first-order valence-corrected chi connectivity index (χ1v) is 7.18. The van der Waals surface area contributed by atoms with E-state index in [4.69, 9.17) is 4.74 Å². The number of hydrogen-bond donors (Lipinski definition) is 2. The van der Waals surface area contributed by atoms with Gasteiger partial charge in [0.2, 0.25) is 0 Å². The Labute approximate surface area is 120 Å². The number of benzene rings is 1. The first-order valence-electron chi connectivity index (χ1n) is 7.18. The van der Waals surface area contributed by atoms with Crippen molar-refractivity contribution in [3.63, 3.8) is 0 Å². The Bertz CT molecular complexity index is 479. The second-order valence-electron chi connectivity index (χ2n) is 5.69. The van der Waals surface area contributed by atoms with Crippen LogP contribution in [0.4, 0.5) is 0 Å². The van der Waals surface area contributed by atoms with Crippen molar-refractivity contribution in [1.82, 2.24) is 5.32 Å². The summed E-state index contributed by atoms with van der Waals surface area (Å²) in [6, 6.07) is 5.79. The lowest BCUT2D eigenvalue weighted by Crippen LogP contribution is -2.42. The zero-order valence-corrected chi connectivity index (χ0v) is 12.2. The minimum absolute atomic E-state index is 0.0135. The van der Waals surface area contributed by atoms with Crippen LogP contribution in [0.3, 0.4) is 0 Å². The van der Waals surface area contributed by atoms with Crippen LogP contribution in [0.25, 0.3) is 0 Å². The lowest BCUT2D eigenvalue weighted by molar-refractivity contribution is -0.124. The van der Waals surface area contributed by atoms with E-state index in [2.05, 4.69) is 5.32 Å². The zero-order valence-electron chi connectivity index (χ0n) is 12.2. The summed E-state index contributed by atoms with van der Waals surface area (Å²) >= 11 is 0. The Balaban J connectivity index is 1.79. The molecule has 1 aromatic rings. The van der Waals surface area contributed by atoms with E-state index in [1.165, 1.54) is 0 Å². The van der Waals surface area contributed by atoms with Crippen LogP contribution in [0.1, 0.15) is 36.8 Å². The predicted molar refractivity (Wildman–Crippen MR) is 77.8 cm³/mol. The van der Waals surface area contributed by atoms with Crippen LogP contribution >= 0.6 is 0 Å². The number of carbonyl (C=O) groups excluding carboxylic acids is 1. The van der Waals surface area contributed by atoms with Crippen molar-refractivity contribution in [1.29, 1.82) is 0 Å². The highest BCUT2D eigenvalue weighted by atomic mass is 16.5. The van der Waals surface area contributed by atoms with Crippen molar-refractivity contribution in [2.75, 3.05) is 13.2 Å². The number of nitrogens with one attached hydrogen (secondary N) is 1. The van der Waals surface area contributed by atoms with Crippen LogP contribution in [-0.2, 0) is 4.79 Å². The summed E-state index contributed by atoms with van der Waals surface area (Å²) in [7, 11) is 0. The van der Waals surface area contributed by atoms with Crippen molar-refractivity contribution < 1.29 is 14.6 Å². The van der Waals surface area contributed by atoms with E-state index in [1.807, 2.05) is 32.0 Å². The highest BCUT2D eigenvalue weighted by Crippen LogP contribution is 2.28. The molecule has 20 heavy (non-hydrogen) atoms. The summed E-state index contributed by atoms with van der Waals surface area (Å²) in [6.45, 7) is 4.30. The molecule has 1 amide bonds. The Kier molecular flexibility index (Phi) is 4.65. The average molecular weight is 277 g/mol. The molecule has 0 atom stereocenters. The molecule has 0 bridgehead atoms. The van der Waals surface area contributed by atoms with Gasteiger partial charge in [-0.1, -0.05) is 25.0 Å². The van der Waals surface area contributed by atoms with Gasteiger partial charge >= 0.3 is 0 Å². The number of carbonyl (C=O) groups is 1. The van der Waals surface area contributed by atoms with Gasteiger partial charge in [0.05, 0.1) is 5.60 Å². The van der Waals surface area contributed by atoms with Crippen molar-refractivity contribution in [3.05, 3.63) is 29.3 Å². The van der Waals surface area contributed by atoms with Gasteiger partial charge < -0.3 is 15.2 Å². The number of aryl methyl sites for hydroxylation is 1. The van der Waals surface area contributed by atoms with Crippen molar-refractivity contribution in [2.24, 2.45) is 0 Å². The van der Waals surface area contributed by atoms with E-state index in [9.17, 15) is 9.90 Å². The number of rotatable bonds is 5. The SMILES string of the molecule is Cc1cccc(OCC(=O)NCC2(O)CCCC2)c1C. The summed E-state index contributed by atoms with van der Waals surface area (Å²) in [4.78, 5) is 11.8. The highest BCUT2D eigenvalue weighted by molar-refractivity contribution is 5.77. The normalized spacial score (nSPS) is 16.9. The third-order valence-corrected chi connectivity index (χ3v) is 4.06. The van der Waals surface area contributed by atoms with E-state index in [1.54, 1.807) is 0 Å². The van der Waals surface area contributed by atoms with Gasteiger partial charge in [-0.15, -0.1) is 0 Å². The summed E-state index contributed by atoms with van der Waals surface area (Å²) in [6.07, 6.45) is 3.60. The van der Waals surface area contributed by atoms with Gasteiger partial charge in [0.15, 0.2) is 6.61 Å². The second-order valence-corrected chi connectivity index (χ2v) is 5.69. The van der Waals surface area contributed by atoms with Crippen LogP contribution in [0.2, 0.25) is 0 Å². The largest absolute Gasteiger partial charge is 0.483 e. The lowest BCUT2D eigenvalue weighted by Gasteiger charge is -2.22. The van der Waals surface area contributed by atoms with Crippen molar-refractivity contribution in [3.8, 4) is 5.75 Å². The number of aliphatic hydroxyl groups is 1. The molecule has 0 saturated heterocycles. The van der Waals surface area contributed by atoms with Gasteiger partial charge in [-0.3, -0.25) is 4.79 Å². The molecule has 2 N–H and O–H groups in total. The van der Waals surface area contributed by atoms with Gasteiger partial charge in [0.1, 0.15) is 5.75 Å². The molecular weight excluding hydrogens is 254 g/mol. The summed E-state index contributed by atoms with van der Waals surface area (Å²) in [5.74, 6) is 0.547. The quantitative estimate of drug-likeness (QED) is 0.866. The number of ether oxygens (including phenoxy) is 1. The van der Waals surface area contributed by atoms with Crippen molar-refractivity contribution >= 4 is 5.91 Å².